The number of aromatic nitrogens is 4. The molecule has 4 aromatic heterocycles. The van der Waals surface area contributed by atoms with Crippen molar-refractivity contribution in [2.45, 2.75) is 6.92 Å². The first-order valence-electron chi connectivity index (χ1n) is 8.40. The third-order valence-corrected chi connectivity index (χ3v) is 5.51. The lowest BCUT2D eigenvalue weighted by atomic mass is 10.2. The summed E-state index contributed by atoms with van der Waals surface area (Å²) in [4.78, 5) is 13.6. The molecule has 0 atom stereocenters. The van der Waals surface area contributed by atoms with Crippen LogP contribution in [0.1, 0.15) is 5.69 Å². The number of benzene rings is 1. The summed E-state index contributed by atoms with van der Waals surface area (Å²) >= 11 is 7.88. The minimum absolute atomic E-state index is 0.583. The van der Waals surface area contributed by atoms with Crippen LogP contribution in [0, 0.1) is 6.92 Å². The van der Waals surface area contributed by atoms with E-state index >= 15 is 0 Å². The van der Waals surface area contributed by atoms with Crippen molar-refractivity contribution in [3.8, 4) is 11.3 Å². The number of fused-ring (bicyclic) bond motifs is 2. The quantitative estimate of drug-likeness (QED) is 0.428. The van der Waals surface area contributed by atoms with Crippen LogP contribution in [-0.4, -0.2) is 19.4 Å². The van der Waals surface area contributed by atoms with Gasteiger partial charge in [-0.2, -0.15) is 0 Å². The molecule has 0 saturated heterocycles. The molecule has 1 aromatic carbocycles. The summed E-state index contributed by atoms with van der Waals surface area (Å²) in [6.45, 7) is 2.00. The predicted octanol–water partition coefficient (Wildman–Crippen LogP) is 5.71. The van der Waals surface area contributed by atoms with Gasteiger partial charge >= 0.3 is 0 Å². The Bertz CT molecular complexity index is 1290. The van der Waals surface area contributed by atoms with Gasteiger partial charge in [0.05, 0.1) is 26.9 Å². The van der Waals surface area contributed by atoms with Crippen LogP contribution in [0.3, 0.4) is 0 Å². The van der Waals surface area contributed by atoms with Gasteiger partial charge in [-0.05, 0) is 31.2 Å². The normalized spacial score (nSPS) is 11.3. The molecule has 132 valence electrons. The second-order valence-electron chi connectivity index (χ2n) is 6.17. The van der Waals surface area contributed by atoms with Crippen molar-refractivity contribution in [1.82, 2.24) is 19.4 Å². The molecule has 0 radical (unpaired) electrons. The van der Waals surface area contributed by atoms with Crippen LogP contribution in [0.25, 0.3) is 27.8 Å². The number of rotatable bonds is 3. The predicted molar refractivity (Wildman–Crippen MR) is 111 cm³/mol. The number of hydrogen-bond donors (Lipinski definition) is 1. The van der Waals surface area contributed by atoms with E-state index in [1.54, 1.807) is 11.3 Å². The van der Waals surface area contributed by atoms with Crippen LogP contribution in [0.5, 0.6) is 0 Å². The molecule has 0 unspecified atom stereocenters. The zero-order chi connectivity index (χ0) is 18.4. The van der Waals surface area contributed by atoms with E-state index in [-0.39, 0.29) is 0 Å². The fourth-order valence-electron chi connectivity index (χ4n) is 3.16. The summed E-state index contributed by atoms with van der Waals surface area (Å²) in [6, 6.07) is 13.8. The van der Waals surface area contributed by atoms with Crippen LogP contribution in [-0.2, 0) is 0 Å². The maximum atomic E-state index is 6.28. The SMILES string of the molecule is Cc1nc2c(Cl)cccn2c1-c1csc(Nc2ncc3ccccc3n2)c1. The van der Waals surface area contributed by atoms with Crippen molar-refractivity contribution < 1.29 is 0 Å². The summed E-state index contributed by atoms with van der Waals surface area (Å²) in [7, 11) is 0. The summed E-state index contributed by atoms with van der Waals surface area (Å²) < 4.78 is 2.02. The first-order chi connectivity index (χ1) is 13.2. The molecule has 0 fully saturated rings. The van der Waals surface area contributed by atoms with Crippen LogP contribution >= 0.6 is 22.9 Å². The summed E-state index contributed by atoms with van der Waals surface area (Å²) in [5.74, 6) is 0.583. The number of halogens is 1. The number of thiophene rings is 1. The monoisotopic (exact) mass is 391 g/mol. The number of pyridine rings is 1. The zero-order valence-corrected chi connectivity index (χ0v) is 15.9. The molecular weight excluding hydrogens is 378 g/mol. The lowest BCUT2D eigenvalue weighted by molar-refractivity contribution is 1.19. The van der Waals surface area contributed by atoms with E-state index in [0.717, 1.165) is 38.5 Å². The molecule has 5 nitrogen and oxygen atoms in total. The highest BCUT2D eigenvalue weighted by molar-refractivity contribution is 7.14. The third-order valence-electron chi connectivity index (χ3n) is 4.37. The van der Waals surface area contributed by atoms with Gasteiger partial charge in [0.25, 0.3) is 0 Å². The number of anilines is 2. The van der Waals surface area contributed by atoms with E-state index in [0.29, 0.717) is 11.0 Å². The average molecular weight is 392 g/mol. The van der Waals surface area contributed by atoms with E-state index in [1.165, 1.54) is 0 Å². The van der Waals surface area contributed by atoms with Crippen LogP contribution < -0.4 is 5.32 Å². The molecule has 0 aliphatic carbocycles. The van der Waals surface area contributed by atoms with E-state index < -0.39 is 0 Å². The molecule has 0 aliphatic heterocycles. The van der Waals surface area contributed by atoms with Gasteiger partial charge in [0.15, 0.2) is 5.65 Å². The number of para-hydroxylation sites is 1. The van der Waals surface area contributed by atoms with Crippen molar-refractivity contribution in [1.29, 1.82) is 0 Å². The number of nitrogens with zero attached hydrogens (tertiary/aromatic N) is 4. The fraction of sp³-hybridized carbons (Fsp3) is 0.0500. The number of hydrogen-bond acceptors (Lipinski definition) is 5. The zero-order valence-electron chi connectivity index (χ0n) is 14.3. The van der Waals surface area contributed by atoms with Gasteiger partial charge in [-0.3, -0.25) is 4.40 Å². The van der Waals surface area contributed by atoms with Crippen LogP contribution in [0.15, 0.2) is 60.2 Å². The minimum atomic E-state index is 0.583. The Morgan fingerprint density at radius 3 is 2.93 bits per heavy atom. The van der Waals surface area contributed by atoms with Crippen LogP contribution in [0.4, 0.5) is 10.9 Å². The Morgan fingerprint density at radius 2 is 2.00 bits per heavy atom. The van der Waals surface area contributed by atoms with Gasteiger partial charge in [0.2, 0.25) is 5.95 Å². The van der Waals surface area contributed by atoms with E-state index in [1.807, 2.05) is 60.1 Å². The number of aryl methyl sites for hydroxylation is 1. The number of imidazole rings is 1. The highest BCUT2D eigenvalue weighted by Gasteiger charge is 2.14. The molecule has 0 bridgehead atoms. The molecule has 4 heterocycles. The van der Waals surface area contributed by atoms with Crippen molar-refractivity contribution >= 4 is 50.4 Å². The maximum Gasteiger partial charge on any atom is 0.228 e. The van der Waals surface area contributed by atoms with Gasteiger partial charge in [-0.15, -0.1) is 11.3 Å². The largest absolute Gasteiger partial charge is 0.316 e. The van der Waals surface area contributed by atoms with Gasteiger partial charge in [0, 0.05) is 28.7 Å². The molecule has 0 amide bonds. The number of nitrogens with one attached hydrogen (secondary N) is 1. The fourth-order valence-corrected chi connectivity index (χ4v) is 4.15. The van der Waals surface area contributed by atoms with Crippen molar-refractivity contribution in [2.24, 2.45) is 0 Å². The molecule has 0 aliphatic rings. The van der Waals surface area contributed by atoms with Gasteiger partial charge in [-0.25, -0.2) is 15.0 Å². The van der Waals surface area contributed by atoms with Crippen molar-refractivity contribution in [2.75, 3.05) is 5.32 Å². The molecule has 5 rings (SSSR count). The summed E-state index contributed by atoms with van der Waals surface area (Å²) in [6.07, 6.45) is 3.81. The molecule has 5 aromatic rings. The Hall–Kier alpha value is -2.96. The van der Waals surface area contributed by atoms with Crippen molar-refractivity contribution in [3.05, 3.63) is 71.0 Å². The van der Waals surface area contributed by atoms with E-state index in [4.69, 9.17) is 11.6 Å². The first kappa shape index (κ1) is 16.2. The lowest BCUT2D eigenvalue weighted by Gasteiger charge is -2.03. The molecule has 0 saturated carbocycles. The molecule has 7 heteroatoms. The second kappa shape index (κ2) is 6.33. The van der Waals surface area contributed by atoms with Gasteiger partial charge in [-0.1, -0.05) is 29.8 Å². The Balaban J connectivity index is 1.51. The van der Waals surface area contributed by atoms with Crippen molar-refractivity contribution in [3.63, 3.8) is 0 Å². The summed E-state index contributed by atoms with van der Waals surface area (Å²) in [5.41, 5.74) is 4.74. The van der Waals surface area contributed by atoms with Gasteiger partial charge < -0.3 is 5.32 Å². The highest BCUT2D eigenvalue weighted by atomic mass is 35.5. The Morgan fingerprint density at radius 1 is 1.11 bits per heavy atom. The third kappa shape index (κ3) is 2.83. The van der Waals surface area contributed by atoms with Gasteiger partial charge in [0.1, 0.15) is 0 Å². The molecule has 0 spiro atoms. The summed E-state index contributed by atoms with van der Waals surface area (Å²) in [5, 5.41) is 8.03. The maximum absolute atomic E-state index is 6.28. The molecular formula is C20H14ClN5S. The second-order valence-corrected chi connectivity index (χ2v) is 7.49. The molecule has 1 N–H and O–H groups in total. The topological polar surface area (TPSA) is 55.1 Å². The highest BCUT2D eigenvalue weighted by Crippen LogP contribution is 2.34. The lowest BCUT2D eigenvalue weighted by Crippen LogP contribution is -1.95. The smallest absolute Gasteiger partial charge is 0.228 e. The average Bonchev–Trinajstić information content (AvgIpc) is 3.26. The van der Waals surface area contributed by atoms with E-state index in [9.17, 15) is 0 Å². The first-order valence-corrected chi connectivity index (χ1v) is 9.66. The van der Waals surface area contributed by atoms with Crippen LogP contribution in [0.2, 0.25) is 5.02 Å². The molecule has 27 heavy (non-hydrogen) atoms. The minimum Gasteiger partial charge on any atom is -0.316 e. The standard InChI is InChI=1S/C20H14ClN5S/c1-12-18(26-8-4-6-15(21)19(26)23-12)14-9-17(27-11-14)25-20-22-10-13-5-2-3-7-16(13)24-20/h2-11H,1H3,(H,22,24,25). The Kier molecular flexibility index (Phi) is 3.81. The Labute approximate surface area is 164 Å². The van der Waals surface area contributed by atoms with E-state index in [2.05, 4.69) is 31.7 Å².